The van der Waals surface area contributed by atoms with Gasteiger partial charge in [0.15, 0.2) is 0 Å². The molecule has 1 amide bonds. The predicted molar refractivity (Wildman–Crippen MR) is 95.4 cm³/mol. The van der Waals surface area contributed by atoms with Crippen LogP contribution in [0.1, 0.15) is 23.2 Å². The summed E-state index contributed by atoms with van der Waals surface area (Å²) in [6, 6.07) is 5.30. The Bertz CT molecular complexity index is 808. The van der Waals surface area contributed by atoms with Gasteiger partial charge in [0.1, 0.15) is 11.9 Å². The molecule has 138 valence electrons. The van der Waals surface area contributed by atoms with Gasteiger partial charge in [0.25, 0.3) is 5.56 Å². The van der Waals surface area contributed by atoms with Crippen molar-refractivity contribution < 1.29 is 9.53 Å². The molecule has 3 heterocycles. The number of rotatable bonds is 5. The minimum atomic E-state index is -0.377. The van der Waals surface area contributed by atoms with Crippen molar-refractivity contribution in [2.75, 3.05) is 33.3 Å². The van der Waals surface area contributed by atoms with Crippen molar-refractivity contribution in [1.29, 1.82) is 0 Å². The Balaban J connectivity index is 1.60. The average Bonchev–Trinajstić information content (AvgIpc) is 2.61. The SMILES string of the molecule is Cc1nc([C@H]2CN(C(=O)CN(C)Cc3cccnc3)CCO2)cc(=O)[nH]1. The molecule has 8 heteroatoms. The van der Waals surface area contributed by atoms with Gasteiger partial charge in [0, 0.05) is 31.5 Å². The van der Waals surface area contributed by atoms with E-state index in [0.717, 1.165) is 5.56 Å². The minimum Gasteiger partial charge on any atom is -0.368 e. The fourth-order valence-electron chi connectivity index (χ4n) is 3.01. The second-order valence-corrected chi connectivity index (χ2v) is 6.49. The number of pyridine rings is 1. The molecular formula is C18H23N5O3. The highest BCUT2D eigenvalue weighted by Crippen LogP contribution is 2.20. The van der Waals surface area contributed by atoms with Crippen LogP contribution < -0.4 is 5.56 Å². The Labute approximate surface area is 151 Å². The molecule has 0 spiro atoms. The maximum atomic E-state index is 12.6. The van der Waals surface area contributed by atoms with Gasteiger partial charge in [-0.25, -0.2) is 4.98 Å². The van der Waals surface area contributed by atoms with E-state index in [1.165, 1.54) is 6.07 Å². The van der Waals surface area contributed by atoms with Gasteiger partial charge in [-0.1, -0.05) is 6.07 Å². The zero-order valence-electron chi connectivity index (χ0n) is 15.0. The second kappa shape index (κ2) is 8.20. The fraction of sp³-hybridized carbons (Fsp3) is 0.444. The number of nitrogens with one attached hydrogen (secondary N) is 1. The van der Waals surface area contributed by atoms with Crippen LogP contribution in [-0.4, -0.2) is 63.9 Å². The molecule has 0 aromatic carbocycles. The normalized spacial score (nSPS) is 17.5. The van der Waals surface area contributed by atoms with E-state index >= 15 is 0 Å². The third kappa shape index (κ3) is 4.74. The first-order valence-electron chi connectivity index (χ1n) is 8.56. The monoisotopic (exact) mass is 357 g/mol. The predicted octanol–water partition coefficient (Wildman–Crippen LogP) is 0.505. The molecule has 1 atom stereocenters. The third-order valence-electron chi connectivity index (χ3n) is 4.21. The van der Waals surface area contributed by atoms with E-state index in [2.05, 4.69) is 15.0 Å². The zero-order chi connectivity index (χ0) is 18.5. The molecule has 2 aromatic heterocycles. The van der Waals surface area contributed by atoms with Crippen molar-refractivity contribution >= 4 is 5.91 Å². The standard InChI is InChI=1S/C18H23N5O3/c1-13-20-15(8-17(24)21-13)16-11-23(6-7-26-16)18(25)12-22(2)10-14-4-3-5-19-9-14/h3-5,8-9,16H,6-7,10-12H2,1-2H3,(H,20,21,24)/t16-/m1/s1. The van der Waals surface area contributed by atoms with E-state index in [9.17, 15) is 9.59 Å². The van der Waals surface area contributed by atoms with Crippen LogP contribution >= 0.6 is 0 Å². The van der Waals surface area contributed by atoms with E-state index < -0.39 is 0 Å². The number of aryl methyl sites for hydroxylation is 1. The van der Waals surface area contributed by atoms with Crippen molar-refractivity contribution in [1.82, 2.24) is 24.8 Å². The van der Waals surface area contributed by atoms with Gasteiger partial charge in [-0.15, -0.1) is 0 Å². The van der Waals surface area contributed by atoms with Gasteiger partial charge in [0.05, 0.1) is 25.4 Å². The van der Waals surface area contributed by atoms with Crippen LogP contribution in [0, 0.1) is 6.92 Å². The summed E-state index contributed by atoms with van der Waals surface area (Å²) in [5.74, 6) is 0.571. The van der Waals surface area contributed by atoms with Crippen LogP contribution in [0.15, 0.2) is 35.4 Å². The summed E-state index contributed by atoms with van der Waals surface area (Å²) in [7, 11) is 1.91. The molecule has 1 fully saturated rings. The van der Waals surface area contributed by atoms with Crippen molar-refractivity contribution in [3.63, 3.8) is 0 Å². The van der Waals surface area contributed by atoms with Crippen molar-refractivity contribution in [2.45, 2.75) is 19.6 Å². The lowest BCUT2D eigenvalue weighted by Crippen LogP contribution is -2.46. The molecule has 1 aliphatic rings. The lowest BCUT2D eigenvalue weighted by molar-refractivity contribution is -0.140. The zero-order valence-corrected chi connectivity index (χ0v) is 15.0. The van der Waals surface area contributed by atoms with E-state index in [0.29, 0.717) is 44.3 Å². The topological polar surface area (TPSA) is 91.4 Å². The van der Waals surface area contributed by atoms with E-state index in [1.54, 1.807) is 24.2 Å². The number of hydrogen-bond acceptors (Lipinski definition) is 6. The number of nitrogens with zero attached hydrogens (tertiary/aromatic N) is 4. The van der Waals surface area contributed by atoms with Gasteiger partial charge in [-0.3, -0.25) is 19.5 Å². The summed E-state index contributed by atoms with van der Waals surface area (Å²) in [6.45, 7) is 4.06. The first-order chi connectivity index (χ1) is 12.5. The molecule has 26 heavy (non-hydrogen) atoms. The number of carbonyl (C=O) groups is 1. The number of aromatic nitrogens is 3. The smallest absolute Gasteiger partial charge is 0.251 e. The number of morpholine rings is 1. The number of aromatic amines is 1. The van der Waals surface area contributed by atoms with Crippen LogP contribution in [0.25, 0.3) is 0 Å². The molecule has 0 radical (unpaired) electrons. The van der Waals surface area contributed by atoms with Crippen molar-refractivity contribution in [3.05, 3.63) is 58.0 Å². The second-order valence-electron chi connectivity index (χ2n) is 6.49. The summed E-state index contributed by atoms with van der Waals surface area (Å²) in [5.41, 5.74) is 1.41. The summed E-state index contributed by atoms with van der Waals surface area (Å²) >= 11 is 0. The summed E-state index contributed by atoms with van der Waals surface area (Å²) in [5, 5.41) is 0. The Morgan fingerprint density at radius 1 is 1.50 bits per heavy atom. The number of amides is 1. The molecule has 3 rings (SSSR count). The number of H-pyrrole nitrogens is 1. The summed E-state index contributed by atoms with van der Waals surface area (Å²) < 4.78 is 5.72. The molecule has 0 bridgehead atoms. The first-order valence-corrected chi connectivity index (χ1v) is 8.56. The Morgan fingerprint density at radius 2 is 2.35 bits per heavy atom. The lowest BCUT2D eigenvalue weighted by Gasteiger charge is -2.33. The number of hydrogen-bond donors (Lipinski definition) is 1. The molecule has 0 aliphatic carbocycles. The van der Waals surface area contributed by atoms with E-state index in [1.807, 2.05) is 24.1 Å². The molecule has 0 unspecified atom stereocenters. The van der Waals surface area contributed by atoms with Crippen molar-refractivity contribution in [3.8, 4) is 0 Å². The third-order valence-corrected chi connectivity index (χ3v) is 4.21. The Hall–Kier alpha value is -2.58. The van der Waals surface area contributed by atoms with Gasteiger partial charge < -0.3 is 14.6 Å². The largest absolute Gasteiger partial charge is 0.368 e. The molecular weight excluding hydrogens is 334 g/mol. The summed E-state index contributed by atoms with van der Waals surface area (Å²) in [4.78, 5) is 39.0. The van der Waals surface area contributed by atoms with E-state index in [-0.39, 0.29) is 17.6 Å². The molecule has 8 nitrogen and oxygen atoms in total. The van der Waals surface area contributed by atoms with Crippen molar-refractivity contribution in [2.24, 2.45) is 0 Å². The Kier molecular flexibility index (Phi) is 5.75. The highest BCUT2D eigenvalue weighted by atomic mass is 16.5. The van der Waals surface area contributed by atoms with Gasteiger partial charge in [0.2, 0.25) is 5.91 Å². The summed E-state index contributed by atoms with van der Waals surface area (Å²) in [6.07, 6.45) is 3.15. The van der Waals surface area contributed by atoms with Crippen LogP contribution in [-0.2, 0) is 16.1 Å². The van der Waals surface area contributed by atoms with Crippen LogP contribution in [0.5, 0.6) is 0 Å². The molecule has 0 saturated carbocycles. The van der Waals surface area contributed by atoms with Crippen LogP contribution in [0.2, 0.25) is 0 Å². The first kappa shape index (κ1) is 18.2. The van der Waals surface area contributed by atoms with Gasteiger partial charge in [-0.2, -0.15) is 0 Å². The lowest BCUT2D eigenvalue weighted by atomic mass is 10.2. The molecule has 1 aliphatic heterocycles. The number of ether oxygens (including phenoxy) is 1. The average molecular weight is 357 g/mol. The van der Waals surface area contributed by atoms with Crippen LogP contribution in [0.4, 0.5) is 0 Å². The molecule has 1 saturated heterocycles. The highest BCUT2D eigenvalue weighted by Gasteiger charge is 2.27. The fourth-order valence-corrected chi connectivity index (χ4v) is 3.01. The number of carbonyl (C=O) groups excluding carboxylic acids is 1. The maximum absolute atomic E-state index is 12.6. The molecule has 2 aromatic rings. The maximum Gasteiger partial charge on any atom is 0.251 e. The quantitative estimate of drug-likeness (QED) is 0.838. The minimum absolute atomic E-state index is 0.0336. The Morgan fingerprint density at radius 3 is 3.08 bits per heavy atom. The number of likely N-dealkylation sites (N-methyl/N-ethyl adjacent to an activating group) is 1. The highest BCUT2D eigenvalue weighted by molar-refractivity contribution is 5.78. The van der Waals surface area contributed by atoms with E-state index in [4.69, 9.17) is 4.74 Å². The van der Waals surface area contributed by atoms with Gasteiger partial charge in [-0.05, 0) is 25.6 Å². The van der Waals surface area contributed by atoms with Gasteiger partial charge >= 0.3 is 0 Å². The van der Waals surface area contributed by atoms with Crippen LogP contribution in [0.3, 0.4) is 0 Å². The molecule has 1 N–H and O–H groups in total.